The molecule has 0 N–H and O–H groups in total. The number of nitrogens with zero attached hydrogens (tertiary/aromatic N) is 2. The molecule has 1 saturated carbocycles. The Hall–Kier alpha value is -0.720. The molecule has 0 radical (unpaired) electrons. The van der Waals surface area contributed by atoms with Crippen molar-refractivity contribution in [3.8, 4) is 5.75 Å². The maximum atomic E-state index is 5.65. The zero-order valence-corrected chi connectivity index (χ0v) is 16.7. The van der Waals surface area contributed by atoms with Crippen molar-refractivity contribution in [3.63, 3.8) is 0 Å². The lowest BCUT2D eigenvalue weighted by atomic mass is 9.75. The van der Waals surface area contributed by atoms with Crippen molar-refractivity contribution in [2.75, 3.05) is 25.7 Å². The number of rotatable bonds is 2. The molecule has 0 aromatic heterocycles. The first-order valence-electron chi connectivity index (χ1n) is 8.37. The van der Waals surface area contributed by atoms with Gasteiger partial charge in [0.15, 0.2) is 5.17 Å². The second-order valence-corrected chi connectivity index (χ2v) is 8.85. The summed E-state index contributed by atoms with van der Waals surface area (Å²) in [4.78, 5) is 7.15. The lowest BCUT2D eigenvalue weighted by molar-refractivity contribution is 0.194. The van der Waals surface area contributed by atoms with Gasteiger partial charge in [-0.2, -0.15) is 0 Å². The Bertz CT molecular complexity index is 626. The van der Waals surface area contributed by atoms with E-state index in [1.165, 1.54) is 32.1 Å². The zero-order chi connectivity index (χ0) is 17.0. The smallest absolute Gasteiger partial charge is 0.170 e. The van der Waals surface area contributed by atoms with E-state index in [0.29, 0.717) is 5.41 Å². The van der Waals surface area contributed by atoms with Gasteiger partial charge in [-0.1, -0.05) is 67.1 Å². The van der Waals surface area contributed by atoms with E-state index >= 15 is 0 Å². The molecule has 1 heterocycles. The molecule has 0 amide bonds. The lowest BCUT2D eigenvalue weighted by Gasteiger charge is -2.45. The van der Waals surface area contributed by atoms with Crippen molar-refractivity contribution in [3.05, 3.63) is 24.3 Å². The second kappa shape index (κ2) is 8.11. The number of para-hydroxylation sites is 2. The third-order valence-corrected chi connectivity index (χ3v) is 7.46. The molecule has 1 aliphatic carbocycles. The maximum absolute atomic E-state index is 5.65. The second-order valence-electron chi connectivity index (χ2n) is 6.47. The summed E-state index contributed by atoms with van der Waals surface area (Å²) < 4.78 is 6.36. The highest BCUT2D eigenvalue weighted by atomic mass is 32.2. The van der Waals surface area contributed by atoms with Gasteiger partial charge in [-0.05, 0) is 36.6 Å². The summed E-state index contributed by atoms with van der Waals surface area (Å²) in [6.45, 7) is 1.01. The Morgan fingerprint density at radius 1 is 1.29 bits per heavy atom. The summed E-state index contributed by atoms with van der Waals surface area (Å²) in [5.41, 5.74) is 1.28. The number of thiocarbonyl (C=S) groups is 1. The number of aliphatic imine (C=N–C) groups is 1. The van der Waals surface area contributed by atoms with Crippen LogP contribution in [-0.2, 0) is 0 Å². The minimum absolute atomic E-state index is 0.405. The van der Waals surface area contributed by atoms with Gasteiger partial charge in [0.25, 0.3) is 0 Å². The number of hydrogen-bond acceptors (Lipinski definition) is 5. The maximum Gasteiger partial charge on any atom is 0.170 e. The number of benzene rings is 1. The van der Waals surface area contributed by atoms with E-state index in [0.717, 1.165) is 33.2 Å². The molecule has 3 nitrogen and oxygen atoms in total. The molecule has 0 atom stereocenters. The summed E-state index contributed by atoms with van der Waals surface area (Å²) in [6, 6.07) is 7.91. The molecule has 130 valence electrons. The molecule has 2 fully saturated rings. The molecule has 3 rings (SSSR count). The van der Waals surface area contributed by atoms with Crippen LogP contribution in [0.1, 0.15) is 32.1 Å². The van der Waals surface area contributed by atoms with Crippen LogP contribution >= 0.6 is 35.7 Å². The van der Waals surface area contributed by atoms with Gasteiger partial charge < -0.3 is 9.64 Å². The van der Waals surface area contributed by atoms with Gasteiger partial charge in [0.2, 0.25) is 0 Å². The average Bonchev–Trinajstić information content (AvgIpc) is 2.64. The SMILES string of the molecule is COc1ccccc1N=C1SCC2(CCCCC2)CN1C(=S)SC. The van der Waals surface area contributed by atoms with Gasteiger partial charge >= 0.3 is 0 Å². The highest BCUT2D eigenvalue weighted by Crippen LogP contribution is 2.44. The van der Waals surface area contributed by atoms with Crippen LogP contribution in [-0.4, -0.2) is 40.1 Å². The molecular weight excluding hydrogens is 356 g/mol. The minimum atomic E-state index is 0.405. The van der Waals surface area contributed by atoms with E-state index in [1.807, 2.05) is 36.0 Å². The molecule has 2 aliphatic rings. The van der Waals surface area contributed by atoms with E-state index in [9.17, 15) is 0 Å². The van der Waals surface area contributed by atoms with Gasteiger partial charge in [-0.15, -0.1) is 0 Å². The minimum Gasteiger partial charge on any atom is -0.494 e. The first-order valence-corrected chi connectivity index (χ1v) is 11.0. The predicted octanol–water partition coefficient (Wildman–Crippen LogP) is 5.33. The van der Waals surface area contributed by atoms with Crippen molar-refractivity contribution in [1.29, 1.82) is 0 Å². The van der Waals surface area contributed by atoms with Crippen LogP contribution in [0.15, 0.2) is 29.3 Å². The normalized spacial score (nSPS) is 21.9. The van der Waals surface area contributed by atoms with Crippen LogP contribution in [0, 0.1) is 5.41 Å². The third kappa shape index (κ3) is 3.92. The van der Waals surface area contributed by atoms with Crippen LogP contribution in [0.2, 0.25) is 0 Å². The van der Waals surface area contributed by atoms with Crippen LogP contribution in [0.4, 0.5) is 5.69 Å². The number of methoxy groups -OCH3 is 1. The largest absolute Gasteiger partial charge is 0.494 e. The highest BCUT2D eigenvalue weighted by Gasteiger charge is 2.40. The fourth-order valence-electron chi connectivity index (χ4n) is 3.52. The standard InChI is InChI=1S/C18H24N2OS3/c1-21-15-9-5-4-8-14(15)19-16-20(17(22)23-2)12-18(13-24-16)10-6-3-7-11-18/h4-5,8-9H,3,6-7,10-13H2,1-2H3. The van der Waals surface area contributed by atoms with Crippen LogP contribution in [0.25, 0.3) is 0 Å². The highest BCUT2D eigenvalue weighted by molar-refractivity contribution is 8.23. The van der Waals surface area contributed by atoms with Crippen molar-refractivity contribution in [2.24, 2.45) is 10.4 Å². The fourth-order valence-corrected chi connectivity index (χ4v) is 5.45. The molecule has 24 heavy (non-hydrogen) atoms. The van der Waals surface area contributed by atoms with Crippen molar-refractivity contribution in [2.45, 2.75) is 32.1 Å². The molecule has 1 aromatic carbocycles. The monoisotopic (exact) mass is 380 g/mol. The number of amidine groups is 1. The molecular formula is C18H24N2OS3. The zero-order valence-electron chi connectivity index (χ0n) is 14.3. The van der Waals surface area contributed by atoms with Crippen LogP contribution in [0.3, 0.4) is 0 Å². The van der Waals surface area contributed by atoms with E-state index in [2.05, 4.69) is 11.2 Å². The van der Waals surface area contributed by atoms with Crippen molar-refractivity contribution >= 4 is 50.9 Å². The van der Waals surface area contributed by atoms with Gasteiger partial charge in [0.1, 0.15) is 15.8 Å². The van der Waals surface area contributed by atoms with Crippen molar-refractivity contribution in [1.82, 2.24) is 4.90 Å². The summed E-state index contributed by atoms with van der Waals surface area (Å²) in [5, 5.41) is 1.01. The summed E-state index contributed by atoms with van der Waals surface area (Å²) in [6.07, 6.45) is 8.75. The van der Waals surface area contributed by atoms with Gasteiger partial charge in [-0.25, -0.2) is 4.99 Å². The average molecular weight is 381 g/mol. The molecule has 1 saturated heterocycles. The van der Waals surface area contributed by atoms with Gasteiger partial charge in [0, 0.05) is 12.3 Å². The fraction of sp³-hybridized carbons (Fsp3) is 0.556. The first-order chi connectivity index (χ1) is 11.7. The summed E-state index contributed by atoms with van der Waals surface area (Å²) >= 11 is 9.13. The lowest BCUT2D eigenvalue weighted by Crippen LogP contribution is -2.48. The number of thioether (sulfide) groups is 2. The van der Waals surface area contributed by atoms with E-state index < -0.39 is 0 Å². The Kier molecular flexibility index (Phi) is 6.11. The molecule has 0 bridgehead atoms. The van der Waals surface area contributed by atoms with Crippen LogP contribution in [0.5, 0.6) is 5.75 Å². The molecule has 1 aliphatic heterocycles. The molecule has 1 aromatic rings. The topological polar surface area (TPSA) is 24.8 Å². The van der Waals surface area contributed by atoms with Gasteiger partial charge in [-0.3, -0.25) is 0 Å². The Balaban J connectivity index is 1.89. The molecule has 6 heteroatoms. The summed E-state index contributed by atoms with van der Waals surface area (Å²) in [5.74, 6) is 1.95. The van der Waals surface area contributed by atoms with Crippen molar-refractivity contribution < 1.29 is 4.74 Å². The Labute approximate surface area is 158 Å². The van der Waals surface area contributed by atoms with Gasteiger partial charge in [0.05, 0.1) is 7.11 Å². The van der Waals surface area contributed by atoms with E-state index in [4.69, 9.17) is 21.9 Å². The van der Waals surface area contributed by atoms with E-state index in [1.54, 1.807) is 18.9 Å². The number of hydrogen-bond donors (Lipinski definition) is 0. The van der Waals surface area contributed by atoms with E-state index in [-0.39, 0.29) is 0 Å². The molecule has 1 spiro atoms. The first kappa shape index (κ1) is 18.1. The molecule has 0 unspecified atom stereocenters. The Morgan fingerprint density at radius 2 is 2.04 bits per heavy atom. The quantitative estimate of drug-likeness (QED) is 0.646. The Morgan fingerprint density at radius 3 is 2.75 bits per heavy atom. The summed E-state index contributed by atoms with van der Waals surface area (Å²) in [7, 11) is 1.69. The third-order valence-electron chi connectivity index (χ3n) is 4.84. The number of ether oxygens (including phenoxy) is 1. The van der Waals surface area contributed by atoms with Crippen LogP contribution < -0.4 is 4.74 Å². The predicted molar refractivity (Wildman–Crippen MR) is 111 cm³/mol.